The van der Waals surface area contributed by atoms with Crippen molar-refractivity contribution in [3.63, 3.8) is 0 Å². The molecule has 0 atom stereocenters. The highest BCUT2D eigenvalue weighted by Gasteiger charge is 2.36. The summed E-state index contributed by atoms with van der Waals surface area (Å²) in [5, 5.41) is 0.235. The molecule has 170 valence electrons. The van der Waals surface area contributed by atoms with Crippen molar-refractivity contribution in [2.24, 2.45) is 0 Å². The van der Waals surface area contributed by atoms with Crippen LogP contribution >= 0.6 is 0 Å². The predicted molar refractivity (Wildman–Crippen MR) is 114 cm³/mol. The quantitative estimate of drug-likeness (QED) is 0.220. The van der Waals surface area contributed by atoms with Crippen LogP contribution in [-0.4, -0.2) is 94.2 Å². The first-order valence-electron chi connectivity index (χ1n) is 10.4. The van der Waals surface area contributed by atoms with Crippen LogP contribution in [-0.2, 0) is 32.8 Å². The maximum atomic E-state index is 6.05. The van der Waals surface area contributed by atoms with E-state index in [9.17, 15) is 0 Å². The summed E-state index contributed by atoms with van der Waals surface area (Å²) in [5.41, 5.74) is 0. The summed E-state index contributed by atoms with van der Waals surface area (Å²) in [6.45, 7) is 20.9. The lowest BCUT2D eigenvalue weighted by Crippen LogP contribution is -2.41. The molecule has 0 saturated heterocycles. The number of hydrogen-bond donors (Lipinski definition) is 0. The SMILES string of the molecule is CCOCCOCCOCCOCCOCCOCCO[Si](C)(C)C(C)(C)C. The molecule has 0 rings (SSSR count). The Morgan fingerprint density at radius 2 is 0.786 bits per heavy atom. The van der Waals surface area contributed by atoms with E-state index in [1.165, 1.54) is 0 Å². The Kier molecular flexibility index (Phi) is 17.7. The normalized spacial score (nSPS) is 12.6. The molecule has 0 fully saturated rings. The highest BCUT2D eigenvalue weighted by atomic mass is 28.4. The maximum absolute atomic E-state index is 6.05. The molecular formula is C20H44O7Si. The average Bonchev–Trinajstić information content (AvgIpc) is 2.62. The Morgan fingerprint density at radius 3 is 1.07 bits per heavy atom. The number of hydrogen-bond acceptors (Lipinski definition) is 7. The minimum absolute atomic E-state index is 0.235. The van der Waals surface area contributed by atoms with Crippen molar-refractivity contribution in [2.45, 2.75) is 45.8 Å². The molecular weight excluding hydrogens is 380 g/mol. The van der Waals surface area contributed by atoms with Crippen molar-refractivity contribution in [3.8, 4) is 0 Å². The van der Waals surface area contributed by atoms with Gasteiger partial charge in [-0.25, -0.2) is 0 Å². The molecule has 0 unspecified atom stereocenters. The monoisotopic (exact) mass is 424 g/mol. The van der Waals surface area contributed by atoms with Crippen molar-refractivity contribution < 1.29 is 32.8 Å². The highest BCUT2D eigenvalue weighted by Crippen LogP contribution is 2.36. The Labute approximate surface area is 173 Å². The van der Waals surface area contributed by atoms with E-state index in [0.717, 1.165) is 6.61 Å². The third-order valence-corrected chi connectivity index (χ3v) is 9.10. The van der Waals surface area contributed by atoms with E-state index < -0.39 is 8.32 Å². The van der Waals surface area contributed by atoms with Crippen molar-refractivity contribution >= 4 is 8.32 Å². The summed E-state index contributed by atoms with van der Waals surface area (Å²) in [4.78, 5) is 0. The van der Waals surface area contributed by atoms with Crippen LogP contribution in [0.4, 0.5) is 0 Å². The number of ether oxygens (including phenoxy) is 6. The van der Waals surface area contributed by atoms with Crippen molar-refractivity contribution in [1.29, 1.82) is 0 Å². The second-order valence-corrected chi connectivity index (χ2v) is 12.7. The van der Waals surface area contributed by atoms with E-state index in [0.29, 0.717) is 79.3 Å². The van der Waals surface area contributed by atoms with Crippen LogP contribution in [0.5, 0.6) is 0 Å². The molecule has 0 amide bonds. The Balaban J connectivity index is 3.18. The van der Waals surface area contributed by atoms with Crippen LogP contribution in [0.1, 0.15) is 27.7 Å². The molecule has 0 aliphatic carbocycles. The molecule has 0 saturated carbocycles. The lowest BCUT2D eigenvalue weighted by Gasteiger charge is -2.36. The second kappa shape index (κ2) is 17.8. The van der Waals surface area contributed by atoms with Crippen LogP contribution < -0.4 is 0 Å². The van der Waals surface area contributed by atoms with Gasteiger partial charge in [-0.15, -0.1) is 0 Å². The summed E-state index contributed by atoms with van der Waals surface area (Å²) in [7, 11) is -1.67. The minimum atomic E-state index is -1.67. The fourth-order valence-electron chi connectivity index (χ4n) is 1.82. The molecule has 0 aliphatic rings. The Bertz CT molecular complexity index is 335. The van der Waals surface area contributed by atoms with Gasteiger partial charge in [0.15, 0.2) is 8.32 Å². The molecule has 0 spiro atoms. The zero-order valence-corrected chi connectivity index (χ0v) is 20.1. The lowest BCUT2D eigenvalue weighted by atomic mass is 10.2. The van der Waals surface area contributed by atoms with Gasteiger partial charge in [-0.2, -0.15) is 0 Å². The standard InChI is InChI=1S/C20H44O7Si/c1-7-21-8-9-22-10-11-23-12-13-24-14-15-25-16-17-26-18-19-27-28(5,6)20(2,3)4/h7-19H2,1-6H3. The van der Waals surface area contributed by atoms with Gasteiger partial charge in [0.05, 0.1) is 79.3 Å². The highest BCUT2D eigenvalue weighted by molar-refractivity contribution is 6.74. The Morgan fingerprint density at radius 1 is 0.500 bits per heavy atom. The van der Waals surface area contributed by atoms with Crippen molar-refractivity contribution in [1.82, 2.24) is 0 Å². The molecule has 0 aromatic rings. The van der Waals surface area contributed by atoms with Crippen LogP contribution in [0.2, 0.25) is 18.1 Å². The Hall–Kier alpha value is -0.0631. The van der Waals surface area contributed by atoms with Gasteiger partial charge in [0.25, 0.3) is 0 Å². The largest absolute Gasteiger partial charge is 0.414 e. The molecule has 7 nitrogen and oxygen atoms in total. The van der Waals surface area contributed by atoms with E-state index in [1.54, 1.807) is 0 Å². The zero-order chi connectivity index (χ0) is 21.1. The summed E-state index contributed by atoms with van der Waals surface area (Å²) < 4.78 is 38.4. The van der Waals surface area contributed by atoms with Crippen LogP contribution in [0.15, 0.2) is 0 Å². The van der Waals surface area contributed by atoms with Gasteiger partial charge < -0.3 is 32.8 Å². The van der Waals surface area contributed by atoms with Gasteiger partial charge in [0.2, 0.25) is 0 Å². The smallest absolute Gasteiger partial charge is 0.192 e. The summed E-state index contributed by atoms with van der Waals surface area (Å²) >= 11 is 0. The van der Waals surface area contributed by atoms with Crippen molar-refractivity contribution in [3.05, 3.63) is 0 Å². The third-order valence-electron chi connectivity index (χ3n) is 4.56. The molecule has 0 radical (unpaired) electrons. The molecule has 8 heteroatoms. The first-order chi connectivity index (χ1) is 13.3. The van der Waals surface area contributed by atoms with Crippen LogP contribution in [0.25, 0.3) is 0 Å². The molecule has 0 heterocycles. The van der Waals surface area contributed by atoms with E-state index in [4.69, 9.17) is 32.8 Å². The zero-order valence-electron chi connectivity index (χ0n) is 19.1. The number of rotatable bonds is 20. The molecule has 0 N–H and O–H groups in total. The minimum Gasteiger partial charge on any atom is -0.414 e. The van der Waals surface area contributed by atoms with Gasteiger partial charge >= 0.3 is 0 Å². The summed E-state index contributed by atoms with van der Waals surface area (Å²) in [5.74, 6) is 0. The van der Waals surface area contributed by atoms with Gasteiger partial charge in [-0.1, -0.05) is 20.8 Å². The van der Waals surface area contributed by atoms with Gasteiger partial charge in [0, 0.05) is 6.61 Å². The van der Waals surface area contributed by atoms with Gasteiger partial charge in [0.1, 0.15) is 0 Å². The van der Waals surface area contributed by atoms with E-state index in [2.05, 4.69) is 33.9 Å². The first-order valence-corrected chi connectivity index (χ1v) is 13.3. The van der Waals surface area contributed by atoms with Gasteiger partial charge in [-0.05, 0) is 25.1 Å². The fourth-order valence-corrected chi connectivity index (χ4v) is 2.84. The topological polar surface area (TPSA) is 64.6 Å². The summed E-state index contributed by atoms with van der Waals surface area (Å²) in [6.07, 6.45) is 0. The molecule has 28 heavy (non-hydrogen) atoms. The third kappa shape index (κ3) is 16.9. The summed E-state index contributed by atoms with van der Waals surface area (Å²) in [6, 6.07) is 0. The fraction of sp³-hybridized carbons (Fsp3) is 1.00. The molecule has 0 bridgehead atoms. The van der Waals surface area contributed by atoms with Crippen LogP contribution in [0.3, 0.4) is 0 Å². The maximum Gasteiger partial charge on any atom is 0.192 e. The lowest BCUT2D eigenvalue weighted by molar-refractivity contribution is -0.0175. The predicted octanol–water partition coefficient (Wildman–Crippen LogP) is 3.13. The molecule has 0 aliphatic heterocycles. The van der Waals surface area contributed by atoms with Crippen molar-refractivity contribution in [2.75, 3.05) is 85.9 Å². The van der Waals surface area contributed by atoms with E-state index in [-0.39, 0.29) is 5.04 Å². The first kappa shape index (κ1) is 27.9. The van der Waals surface area contributed by atoms with E-state index >= 15 is 0 Å². The average molecular weight is 425 g/mol. The second-order valence-electron chi connectivity index (χ2n) is 7.87. The molecule has 0 aromatic carbocycles. The van der Waals surface area contributed by atoms with E-state index in [1.807, 2.05) is 6.92 Å². The molecule has 0 aromatic heterocycles. The van der Waals surface area contributed by atoms with Gasteiger partial charge in [-0.3, -0.25) is 0 Å². The van der Waals surface area contributed by atoms with Crippen LogP contribution in [0, 0.1) is 0 Å².